The van der Waals surface area contributed by atoms with Gasteiger partial charge in [-0.05, 0) is 54.9 Å². The van der Waals surface area contributed by atoms with Crippen LogP contribution in [0, 0.1) is 11.3 Å². The number of carbonyl (C=O) groups excluding carboxylic acids is 2. The number of esters is 1. The fourth-order valence-electron chi connectivity index (χ4n) is 5.88. The van der Waals surface area contributed by atoms with E-state index in [1.54, 1.807) is 7.11 Å². The van der Waals surface area contributed by atoms with Gasteiger partial charge in [0.05, 0.1) is 13.2 Å². The van der Waals surface area contributed by atoms with Gasteiger partial charge in [-0.15, -0.1) is 0 Å². The molecular weight excluding hydrogens is 494 g/mol. The maximum Gasteiger partial charge on any atom is 0.315 e. The summed E-state index contributed by atoms with van der Waals surface area (Å²) in [6.07, 6.45) is 2.84. The number of methoxy groups -OCH3 is 1. The van der Waals surface area contributed by atoms with Gasteiger partial charge in [0, 0.05) is 35.9 Å². The SMILES string of the molecule is COc1cc([C@H]2C3=C(CC(C)(C)CC3=O)N=C(C)C2C(=O)OC[C@@H]2CCCO2)ccc1OCc1ccccc1. The Balaban J connectivity index is 1.48. The van der Waals surface area contributed by atoms with Crippen molar-refractivity contribution in [3.63, 3.8) is 0 Å². The zero-order valence-electron chi connectivity index (χ0n) is 23.2. The van der Waals surface area contributed by atoms with Crippen molar-refractivity contribution >= 4 is 17.5 Å². The fourth-order valence-corrected chi connectivity index (χ4v) is 5.88. The third kappa shape index (κ3) is 5.93. The first-order valence-corrected chi connectivity index (χ1v) is 13.7. The van der Waals surface area contributed by atoms with Crippen molar-refractivity contribution < 1.29 is 28.5 Å². The number of rotatable bonds is 8. The molecule has 1 unspecified atom stereocenters. The molecule has 7 nitrogen and oxygen atoms in total. The standard InChI is InChI=1S/C32H37NO6/c1-20-28(31(35)39-19-23-11-8-14-37-23)29(30-24(33-20)16-32(2,3)17-25(30)34)22-12-13-26(27(15-22)36-4)38-18-21-9-6-5-7-10-21/h5-7,9-10,12-13,15,23,28-29H,8,11,14,16-19H2,1-4H3/t23-,28?,29+/m0/s1. The second kappa shape index (κ2) is 11.3. The Labute approximate surface area is 230 Å². The molecule has 2 aliphatic heterocycles. The van der Waals surface area contributed by atoms with Crippen LogP contribution in [0.25, 0.3) is 0 Å². The highest BCUT2D eigenvalue weighted by atomic mass is 16.6. The molecule has 0 bridgehead atoms. The first kappa shape index (κ1) is 27.1. The van der Waals surface area contributed by atoms with Gasteiger partial charge < -0.3 is 18.9 Å². The Hall–Kier alpha value is -3.45. The number of Topliss-reactive ketones (excluding diaryl/α,β-unsaturated/α-hetero) is 1. The van der Waals surface area contributed by atoms with Crippen molar-refractivity contribution in [3.8, 4) is 11.5 Å². The van der Waals surface area contributed by atoms with E-state index >= 15 is 0 Å². The molecule has 1 aliphatic carbocycles. The smallest absolute Gasteiger partial charge is 0.315 e. The number of hydrogen-bond donors (Lipinski definition) is 0. The molecule has 1 fully saturated rings. The molecule has 0 aromatic heterocycles. The van der Waals surface area contributed by atoms with Crippen LogP contribution in [0.5, 0.6) is 11.5 Å². The number of nitrogens with zero attached hydrogens (tertiary/aromatic N) is 1. The summed E-state index contributed by atoms with van der Waals surface area (Å²) in [5, 5.41) is 0. The summed E-state index contributed by atoms with van der Waals surface area (Å²) in [7, 11) is 1.59. The van der Waals surface area contributed by atoms with E-state index in [0.717, 1.165) is 29.7 Å². The van der Waals surface area contributed by atoms with Crippen molar-refractivity contribution in [1.29, 1.82) is 0 Å². The van der Waals surface area contributed by atoms with Crippen LogP contribution in [-0.2, 0) is 25.7 Å². The van der Waals surface area contributed by atoms with Crippen LogP contribution in [0.15, 0.2) is 64.8 Å². The Bertz CT molecular complexity index is 1290. The maximum atomic E-state index is 13.6. The molecule has 206 valence electrons. The van der Waals surface area contributed by atoms with Gasteiger partial charge in [0.15, 0.2) is 17.3 Å². The molecule has 3 aliphatic rings. The molecule has 2 aromatic carbocycles. The first-order chi connectivity index (χ1) is 18.8. The molecule has 1 saturated heterocycles. The van der Waals surface area contributed by atoms with Gasteiger partial charge in [-0.1, -0.05) is 50.2 Å². The number of allylic oxidation sites excluding steroid dienone is 2. The molecule has 2 aromatic rings. The molecule has 0 amide bonds. The van der Waals surface area contributed by atoms with Crippen LogP contribution < -0.4 is 9.47 Å². The normalized spacial score (nSPS) is 24.2. The van der Waals surface area contributed by atoms with Crippen molar-refractivity contribution in [2.75, 3.05) is 20.3 Å². The topological polar surface area (TPSA) is 83.4 Å². The van der Waals surface area contributed by atoms with Crippen molar-refractivity contribution in [2.24, 2.45) is 16.3 Å². The second-order valence-electron chi connectivity index (χ2n) is 11.5. The summed E-state index contributed by atoms with van der Waals surface area (Å²) < 4.78 is 23.2. The van der Waals surface area contributed by atoms with E-state index in [1.807, 2.05) is 55.5 Å². The van der Waals surface area contributed by atoms with Gasteiger partial charge >= 0.3 is 5.97 Å². The largest absolute Gasteiger partial charge is 0.493 e. The van der Waals surface area contributed by atoms with Crippen LogP contribution >= 0.6 is 0 Å². The molecule has 5 rings (SSSR count). The lowest BCUT2D eigenvalue weighted by Crippen LogP contribution is -2.40. The minimum absolute atomic E-state index is 0.0304. The number of carbonyl (C=O) groups is 2. The number of benzene rings is 2. The summed E-state index contributed by atoms with van der Waals surface area (Å²) in [6.45, 7) is 7.31. The molecule has 0 saturated carbocycles. The maximum absolute atomic E-state index is 13.6. The highest BCUT2D eigenvalue weighted by Gasteiger charge is 2.46. The van der Waals surface area contributed by atoms with Gasteiger partial charge in [-0.2, -0.15) is 0 Å². The number of hydrogen-bond acceptors (Lipinski definition) is 7. The third-order valence-corrected chi connectivity index (χ3v) is 7.78. The summed E-state index contributed by atoms with van der Waals surface area (Å²) in [5.41, 5.74) is 3.69. The molecular formula is C32H37NO6. The zero-order chi connectivity index (χ0) is 27.6. The molecule has 7 heteroatoms. The van der Waals surface area contributed by atoms with E-state index in [9.17, 15) is 9.59 Å². The molecule has 39 heavy (non-hydrogen) atoms. The summed E-state index contributed by atoms with van der Waals surface area (Å²) >= 11 is 0. The van der Waals surface area contributed by atoms with Gasteiger partial charge in [0.2, 0.25) is 0 Å². The van der Waals surface area contributed by atoms with E-state index in [-0.39, 0.29) is 29.9 Å². The Kier molecular flexibility index (Phi) is 7.89. The Morgan fingerprint density at radius 2 is 1.90 bits per heavy atom. The number of aliphatic imine (C=N–C) groups is 1. The molecule has 0 spiro atoms. The van der Waals surface area contributed by atoms with Crippen LogP contribution in [0.1, 0.15) is 63.5 Å². The monoisotopic (exact) mass is 531 g/mol. The predicted octanol–water partition coefficient (Wildman–Crippen LogP) is 5.81. The summed E-state index contributed by atoms with van der Waals surface area (Å²) in [5.74, 6) is -0.451. The highest BCUT2D eigenvalue weighted by Crippen LogP contribution is 2.49. The number of ether oxygens (including phenoxy) is 4. The molecule has 0 N–H and O–H groups in total. The van der Waals surface area contributed by atoms with E-state index < -0.39 is 11.8 Å². The van der Waals surface area contributed by atoms with Crippen LogP contribution in [0.2, 0.25) is 0 Å². The molecule has 0 radical (unpaired) electrons. The predicted molar refractivity (Wildman–Crippen MR) is 148 cm³/mol. The first-order valence-electron chi connectivity index (χ1n) is 13.7. The van der Waals surface area contributed by atoms with Crippen molar-refractivity contribution in [2.45, 2.75) is 65.1 Å². The van der Waals surface area contributed by atoms with Gasteiger partial charge in [0.1, 0.15) is 19.1 Å². The van der Waals surface area contributed by atoms with Crippen LogP contribution in [-0.4, -0.2) is 43.9 Å². The van der Waals surface area contributed by atoms with Crippen molar-refractivity contribution in [1.82, 2.24) is 0 Å². The average Bonchev–Trinajstić information content (AvgIpc) is 3.43. The lowest BCUT2D eigenvalue weighted by molar-refractivity contribution is -0.149. The fraction of sp³-hybridized carbons (Fsp3) is 0.469. The van der Waals surface area contributed by atoms with E-state index in [4.69, 9.17) is 23.9 Å². The average molecular weight is 532 g/mol. The highest BCUT2D eigenvalue weighted by molar-refractivity contribution is 6.09. The van der Waals surface area contributed by atoms with Gasteiger partial charge in [-0.3, -0.25) is 14.6 Å². The van der Waals surface area contributed by atoms with E-state index in [1.165, 1.54) is 0 Å². The molecule has 3 atom stereocenters. The summed E-state index contributed by atoms with van der Waals surface area (Å²) in [6, 6.07) is 15.6. The minimum atomic E-state index is -0.712. The molecule has 2 heterocycles. The minimum Gasteiger partial charge on any atom is -0.493 e. The van der Waals surface area contributed by atoms with E-state index in [0.29, 0.717) is 48.8 Å². The quantitative estimate of drug-likeness (QED) is 0.400. The third-order valence-electron chi connectivity index (χ3n) is 7.78. The zero-order valence-corrected chi connectivity index (χ0v) is 23.2. The lowest BCUT2D eigenvalue weighted by atomic mass is 9.67. The van der Waals surface area contributed by atoms with Gasteiger partial charge in [-0.25, -0.2) is 0 Å². The van der Waals surface area contributed by atoms with E-state index in [2.05, 4.69) is 13.8 Å². The second-order valence-corrected chi connectivity index (χ2v) is 11.5. The Morgan fingerprint density at radius 3 is 2.62 bits per heavy atom. The van der Waals surface area contributed by atoms with Crippen LogP contribution in [0.4, 0.5) is 0 Å². The van der Waals surface area contributed by atoms with Gasteiger partial charge in [0.25, 0.3) is 0 Å². The summed E-state index contributed by atoms with van der Waals surface area (Å²) in [4.78, 5) is 32.0. The lowest BCUT2D eigenvalue weighted by Gasteiger charge is -2.39. The van der Waals surface area contributed by atoms with Crippen molar-refractivity contribution in [3.05, 3.63) is 70.9 Å². The van der Waals surface area contributed by atoms with Crippen LogP contribution in [0.3, 0.4) is 0 Å². The number of ketones is 1. The Morgan fingerprint density at radius 1 is 1.10 bits per heavy atom.